The molecule has 0 atom stereocenters. The van der Waals surface area contributed by atoms with E-state index in [1.165, 1.54) is 16.4 Å². The van der Waals surface area contributed by atoms with Crippen molar-refractivity contribution in [2.45, 2.75) is 11.3 Å². The van der Waals surface area contributed by atoms with Crippen LogP contribution in [0.5, 0.6) is 0 Å². The van der Waals surface area contributed by atoms with Gasteiger partial charge in [-0.1, -0.05) is 12.1 Å². The van der Waals surface area contributed by atoms with Crippen LogP contribution in [0.4, 0.5) is 0 Å². The molecule has 0 heterocycles. The van der Waals surface area contributed by atoms with E-state index in [9.17, 15) is 8.42 Å². The number of nitrogens with zero attached hydrogens (tertiary/aromatic N) is 3. The molecule has 0 amide bonds. The molecule has 0 aliphatic heterocycles. The average Bonchev–Trinajstić information content (AvgIpc) is 2.38. The van der Waals surface area contributed by atoms with E-state index >= 15 is 0 Å². The van der Waals surface area contributed by atoms with Gasteiger partial charge >= 0.3 is 0 Å². The third-order valence-electron chi connectivity index (χ3n) is 2.77. The molecule has 0 N–H and O–H groups in total. The van der Waals surface area contributed by atoms with Gasteiger partial charge in [-0.25, -0.2) is 12.7 Å². The first-order valence-corrected chi connectivity index (χ1v) is 7.44. The highest BCUT2D eigenvalue weighted by molar-refractivity contribution is 7.89. The Bertz CT molecular complexity index is 561. The van der Waals surface area contributed by atoms with Crippen LogP contribution in [-0.2, 0) is 10.0 Å². The summed E-state index contributed by atoms with van der Waals surface area (Å²) in [6.07, 6.45) is 0.747. The van der Waals surface area contributed by atoms with E-state index in [0.717, 1.165) is 13.0 Å². The van der Waals surface area contributed by atoms with E-state index in [0.29, 0.717) is 6.54 Å². The molecule has 0 saturated carbocycles. The Labute approximate surface area is 115 Å². The summed E-state index contributed by atoms with van der Waals surface area (Å²) in [5, 5.41) is 8.97. The zero-order valence-corrected chi connectivity index (χ0v) is 12.3. The first kappa shape index (κ1) is 15.6. The molecule has 1 aromatic carbocycles. The minimum atomic E-state index is -3.59. The molecule has 19 heavy (non-hydrogen) atoms. The fourth-order valence-corrected chi connectivity index (χ4v) is 3.03. The van der Waals surface area contributed by atoms with E-state index in [2.05, 4.69) is 0 Å². The summed E-state index contributed by atoms with van der Waals surface area (Å²) in [6, 6.07) is 8.18. The maximum Gasteiger partial charge on any atom is 0.244 e. The Hall–Kier alpha value is -1.42. The summed E-state index contributed by atoms with van der Waals surface area (Å²) in [5.41, 5.74) is 0.182. The maximum atomic E-state index is 12.3. The van der Waals surface area contributed by atoms with Crippen molar-refractivity contribution < 1.29 is 8.42 Å². The Balaban J connectivity index is 2.89. The summed E-state index contributed by atoms with van der Waals surface area (Å²) < 4.78 is 26.0. The number of hydrogen-bond donors (Lipinski definition) is 0. The quantitative estimate of drug-likeness (QED) is 0.784. The molecule has 0 aliphatic rings. The molecule has 1 rings (SSSR count). The molecule has 0 radical (unpaired) electrons. The monoisotopic (exact) mass is 281 g/mol. The fraction of sp³-hybridized carbons (Fsp3) is 0.462. The molecule has 0 fully saturated rings. The number of nitriles is 1. The average molecular weight is 281 g/mol. The highest BCUT2D eigenvalue weighted by atomic mass is 32.2. The van der Waals surface area contributed by atoms with Crippen molar-refractivity contribution >= 4 is 10.0 Å². The van der Waals surface area contributed by atoms with Crippen LogP contribution in [0.25, 0.3) is 0 Å². The first-order valence-electron chi connectivity index (χ1n) is 6.00. The van der Waals surface area contributed by atoms with Gasteiger partial charge in [0.2, 0.25) is 10.0 Å². The van der Waals surface area contributed by atoms with E-state index < -0.39 is 10.0 Å². The third kappa shape index (κ3) is 4.03. The van der Waals surface area contributed by atoms with Crippen molar-refractivity contribution in [1.29, 1.82) is 5.26 Å². The second-order valence-corrected chi connectivity index (χ2v) is 6.60. The van der Waals surface area contributed by atoms with Crippen molar-refractivity contribution in [3.63, 3.8) is 0 Å². The van der Waals surface area contributed by atoms with Gasteiger partial charge in [-0.3, -0.25) is 0 Å². The van der Waals surface area contributed by atoms with Gasteiger partial charge in [-0.2, -0.15) is 5.26 Å². The van der Waals surface area contributed by atoms with Gasteiger partial charge in [0.05, 0.1) is 10.5 Å². The number of rotatable bonds is 6. The lowest BCUT2D eigenvalue weighted by atomic mass is 10.2. The Morgan fingerprint density at radius 2 is 1.79 bits per heavy atom. The molecule has 0 spiro atoms. The summed E-state index contributed by atoms with van der Waals surface area (Å²) in [7, 11) is 1.84. The van der Waals surface area contributed by atoms with Crippen molar-refractivity contribution in [2.75, 3.05) is 34.2 Å². The minimum absolute atomic E-state index is 0.0739. The molecular formula is C13H19N3O2S. The second-order valence-electron chi connectivity index (χ2n) is 4.59. The highest BCUT2D eigenvalue weighted by Gasteiger charge is 2.23. The topological polar surface area (TPSA) is 64.4 Å². The van der Waals surface area contributed by atoms with Crippen molar-refractivity contribution in [2.24, 2.45) is 0 Å². The van der Waals surface area contributed by atoms with Gasteiger partial charge in [0.15, 0.2) is 0 Å². The van der Waals surface area contributed by atoms with Gasteiger partial charge < -0.3 is 4.90 Å². The summed E-state index contributed by atoms with van der Waals surface area (Å²) in [6.45, 7) is 1.25. The zero-order chi connectivity index (χ0) is 14.5. The van der Waals surface area contributed by atoms with Gasteiger partial charge in [0.1, 0.15) is 6.07 Å². The van der Waals surface area contributed by atoms with E-state index in [-0.39, 0.29) is 10.5 Å². The van der Waals surface area contributed by atoms with Crippen molar-refractivity contribution in [3.05, 3.63) is 29.8 Å². The smallest absolute Gasteiger partial charge is 0.244 e. The van der Waals surface area contributed by atoms with Crippen molar-refractivity contribution in [3.8, 4) is 6.07 Å². The lowest BCUT2D eigenvalue weighted by Gasteiger charge is -2.19. The normalized spacial score (nSPS) is 11.8. The lowest BCUT2D eigenvalue weighted by Crippen LogP contribution is -2.30. The molecule has 0 unspecified atom stereocenters. The minimum Gasteiger partial charge on any atom is -0.309 e. The third-order valence-corrected chi connectivity index (χ3v) is 4.69. The predicted molar refractivity (Wildman–Crippen MR) is 74.1 cm³/mol. The number of hydrogen-bond acceptors (Lipinski definition) is 4. The molecular weight excluding hydrogens is 262 g/mol. The van der Waals surface area contributed by atoms with E-state index in [1.807, 2.05) is 25.1 Å². The van der Waals surface area contributed by atoms with Gasteiger partial charge in [-0.05, 0) is 39.2 Å². The summed E-state index contributed by atoms with van der Waals surface area (Å²) in [4.78, 5) is 2.08. The van der Waals surface area contributed by atoms with E-state index in [1.54, 1.807) is 19.2 Å². The van der Waals surface area contributed by atoms with Crippen LogP contribution in [0.3, 0.4) is 0 Å². The van der Waals surface area contributed by atoms with Crippen LogP contribution in [-0.4, -0.2) is 51.9 Å². The molecule has 104 valence electrons. The second kappa shape index (κ2) is 6.66. The maximum absolute atomic E-state index is 12.3. The van der Waals surface area contributed by atoms with Crippen LogP contribution in [0, 0.1) is 11.3 Å². The zero-order valence-electron chi connectivity index (χ0n) is 11.5. The standard InChI is InChI=1S/C13H19N3O2S/c1-15(2)9-6-10-16(3)19(17,18)13-8-5-4-7-12(13)11-14/h4-5,7-8H,6,9-10H2,1-3H3. The SMILES string of the molecule is CN(C)CCCN(C)S(=O)(=O)c1ccccc1C#N. The Morgan fingerprint density at radius 3 is 2.37 bits per heavy atom. The van der Waals surface area contributed by atoms with Crippen LogP contribution in [0.2, 0.25) is 0 Å². The fourth-order valence-electron chi connectivity index (χ4n) is 1.68. The first-order chi connectivity index (χ1) is 8.89. The molecule has 1 aromatic rings. The van der Waals surface area contributed by atoms with Crippen LogP contribution in [0.15, 0.2) is 29.2 Å². The lowest BCUT2D eigenvalue weighted by molar-refractivity contribution is 0.370. The number of sulfonamides is 1. The van der Waals surface area contributed by atoms with Gasteiger partial charge in [0, 0.05) is 13.6 Å². The largest absolute Gasteiger partial charge is 0.309 e. The Kier molecular flexibility index (Phi) is 5.48. The van der Waals surface area contributed by atoms with Gasteiger partial charge in [-0.15, -0.1) is 0 Å². The van der Waals surface area contributed by atoms with Crippen molar-refractivity contribution in [1.82, 2.24) is 9.21 Å². The summed E-state index contributed by atoms with van der Waals surface area (Å²) in [5.74, 6) is 0. The highest BCUT2D eigenvalue weighted by Crippen LogP contribution is 2.18. The summed E-state index contributed by atoms with van der Waals surface area (Å²) >= 11 is 0. The molecule has 6 heteroatoms. The molecule has 0 aromatic heterocycles. The van der Waals surface area contributed by atoms with Crippen LogP contribution >= 0.6 is 0 Å². The number of benzene rings is 1. The molecule has 0 aliphatic carbocycles. The molecule has 0 saturated heterocycles. The molecule has 5 nitrogen and oxygen atoms in total. The van der Waals surface area contributed by atoms with Crippen LogP contribution < -0.4 is 0 Å². The molecule has 0 bridgehead atoms. The predicted octanol–water partition coefficient (Wildman–Crippen LogP) is 1.13. The Morgan fingerprint density at radius 1 is 1.16 bits per heavy atom. The van der Waals surface area contributed by atoms with Gasteiger partial charge in [0.25, 0.3) is 0 Å². The van der Waals surface area contributed by atoms with E-state index in [4.69, 9.17) is 5.26 Å². The van der Waals surface area contributed by atoms with Crippen LogP contribution in [0.1, 0.15) is 12.0 Å².